The van der Waals surface area contributed by atoms with Gasteiger partial charge in [0.05, 0.1) is 22.4 Å². The number of aryl methyl sites for hydroxylation is 1. The Hall–Kier alpha value is -2.06. The number of carbonyl (C=O) groups is 1. The maximum atomic E-state index is 12.1. The normalized spacial score (nSPS) is 10.9. The number of nitrogens with one attached hydrogen (secondary N) is 2. The predicted octanol–water partition coefficient (Wildman–Crippen LogP) is 2.28. The number of hydrogen-bond acceptors (Lipinski definition) is 6. The third-order valence-electron chi connectivity index (χ3n) is 2.69. The van der Waals surface area contributed by atoms with Gasteiger partial charge in [-0.2, -0.15) is 8.75 Å². The standard InChI is InChI=1S/C11H9ClN6OS/c1-2-7-13-10(16-15-7)11(19)14-8-5(12)3-4-6-9(8)18-20-17-6/h3-4H,2H2,1H3,(H,14,19)(H,13,15,16). The highest BCUT2D eigenvalue weighted by atomic mass is 35.5. The van der Waals surface area contributed by atoms with Crippen molar-refractivity contribution in [2.75, 3.05) is 5.32 Å². The molecule has 3 aromatic rings. The van der Waals surface area contributed by atoms with Gasteiger partial charge in [-0.05, 0) is 12.1 Å². The molecule has 0 spiro atoms. The van der Waals surface area contributed by atoms with E-state index in [2.05, 4.69) is 29.2 Å². The minimum atomic E-state index is -0.441. The lowest BCUT2D eigenvalue weighted by atomic mass is 10.2. The molecule has 7 nitrogen and oxygen atoms in total. The van der Waals surface area contributed by atoms with E-state index in [0.717, 1.165) is 11.7 Å². The lowest BCUT2D eigenvalue weighted by Gasteiger charge is -2.05. The molecule has 2 heterocycles. The van der Waals surface area contributed by atoms with E-state index >= 15 is 0 Å². The number of hydrogen-bond donors (Lipinski definition) is 2. The molecule has 0 radical (unpaired) electrons. The lowest BCUT2D eigenvalue weighted by Crippen LogP contribution is -2.14. The second-order valence-corrected chi connectivity index (χ2v) is 4.90. The number of amides is 1. The van der Waals surface area contributed by atoms with Crippen molar-refractivity contribution in [2.24, 2.45) is 0 Å². The van der Waals surface area contributed by atoms with Crippen LogP contribution in [0.4, 0.5) is 5.69 Å². The maximum Gasteiger partial charge on any atom is 0.295 e. The number of aromatic nitrogens is 5. The van der Waals surface area contributed by atoms with Crippen LogP contribution < -0.4 is 5.32 Å². The second-order valence-electron chi connectivity index (χ2n) is 3.97. The van der Waals surface area contributed by atoms with E-state index < -0.39 is 5.91 Å². The van der Waals surface area contributed by atoms with E-state index in [9.17, 15) is 4.79 Å². The van der Waals surface area contributed by atoms with Crippen molar-refractivity contribution in [1.29, 1.82) is 0 Å². The topological polar surface area (TPSA) is 96.5 Å². The molecular weight excluding hydrogens is 300 g/mol. The average molecular weight is 309 g/mol. The Morgan fingerprint density at radius 2 is 2.30 bits per heavy atom. The number of H-pyrrole nitrogens is 1. The molecule has 0 saturated heterocycles. The van der Waals surface area contributed by atoms with Crippen molar-refractivity contribution in [3.63, 3.8) is 0 Å². The Kier molecular flexibility index (Phi) is 3.33. The lowest BCUT2D eigenvalue weighted by molar-refractivity contribution is 0.101. The molecule has 2 N–H and O–H groups in total. The zero-order valence-electron chi connectivity index (χ0n) is 10.3. The molecule has 20 heavy (non-hydrogen) atoms. The number of nitrogens with zero attached hydrogens (tertiary/aromatic N) is 4. The maximum absolute atomic E-state index is 12.1. The van der Waals surface area contributed by atoms with Crippen LogP contribution in [0.25, 0.3) is 11.0 Å². The van der Waals surface area contributed by atoms with Crippen LogP contribution in [0.2, 0.25) is 5.02 Å². The van der Waals surface area contributed by atoms with E-state index in [1.165, 1.54) is 0 Å². The summed E-state index contributed by atoms with van der Waals surface area (Å²) in [6, 6.07) is 3.41. The molecule has 0 fully saturated rings. The summed E-state index contributed by atoms with van der Waals surface area (Å²) in [5.74, 6) is 0.274. The first-order valence-corrected chi connectivity index (χ1v) is 6.93. The third kappa shape index (κ3) is 2.23. The molecule has 3 rings (SSSR count). The fourth-order valence-electron chi connectivity index (χ4n) is 1.67. The van der Waals surface area contributed by atoms with Gasteiger partial charge in [0.1, 0.15) is 16.9 Å². The molecule has 0 aliphatic rings. The average Bonchev–Trinajstić information content (AvgIpc) is 3.09. The van der Waals surface area contributed by atoms with E-state index in [1.807, 2.05) is 6.92 Å². The zero-order valence-corrected chi connectivity index (χ0v) is 11.9. The van der Waals surface area contributed by atoms with Gasteiger partial charge in [-0.3, -0.25) is 9.89 Å². The van der Waals surface area contributed by atoms with Gasteiger partial charge in [-0.1, -0.05) is 18.5 Å². The van der Waals surface area contributed by atoms with E-state index in [4.69, 9.17) is 11.6 Å². The van der Waals surface area contributed by atoms with Crippen LogP contribution in [0.5, 0.6) is 0 Å². The summed E-state index contributed by atoms with van der Waals surface area (Å²) in [6.45, 7) is 1.92. The van der Waals surface area contributed by atoms with Gasteiger partial charge in [-0.15, -0.1) is 5.10 Å². The van der Waals surface area contributed by atoms with Gasteiger partial charge < -0.3 is 5.32 Å². The fourth-order valence-corrected chi connectivity index (χ4v) is 2.41. The summed E-state index contributed by atoms with van der Waals surface area (Å²) in [5, 5.41) is 9.62. The summed E-state index contributed by atoms with van der Waals surface area (Å²) in [6.07, 6.45) is 0.673. The molecule has 1 amide bonds. The van der Waals surface area contributed by atoms with Crippen molar-refractivity contribution < 1.29 is 4.79 Å². The molecule has 0 bridgehead atoms. The number of benzene rings is 1. The van der Waals surface area contributed by atoms with Crippen molar-refractivity contribution >= 4 is 46.0 Å². The highest BCUT2D eigenvalue weighted by Crippen LogP contribution is 2.30. The van der Waals surface area contributed by atoms with Crippen LogP contribution in [0.3, 0.4) is 0 Å². The SMILES string of the molecule is CCc1nc(C(=O)Nc2c(Cl)ccc3nsnc23)n[nH]1. The molecule has 9 heteroatoms. The molecule has 2 aromatic heterocycles. The molecule has 102 valence electrons. The van der Waals surface area contributed by atoms with Crippen LogP contribution in [-0.2, 0) is 6.42 Å². The predicted molar refractivity (Wildman–Crippen MR) is 76.1 cm³/mol. The Balaban J connectivity index is 1.94. The summed E-state index contributed by atoms with van der Waals surface area (Å²) < 4.78 is 8.23. The minimum absolute atomic E-state index is 0.0677. The highest BCUT2D eigenvalue weighted by Gasteiger charge is 2.17. The number of carbonyl (C=O) groups excluding carboxylic acids is 1. The summed E-state index contributed by atoms with van der Waals surface area (Å²) >= 11 is 7.16. The minimum Gasteiger partial charge on any atom is -0.316 e. The van der Waals surface area contributed by atoms with E-state index in [-0.39, 0.29) is 5.82 Å². The Morgan fingerprint density at radius 3 is 3.05 bits per heavy atom. The van der Waals surface area contributed by atoms with Crippen molar-refractivity contribution in [1.82, 2.24) is 23.9 Å². The fraction of sp³-hybridized carbons (Fsp3) is 0.182. The Labute approximate surface area is 122 Å². The van der Waals surface area contributed by atoms with E-state index in [1.54, 1.807) is 12.1 Å². The van der Waals surface area contributed by atoms with Crippen LogP contribution in [0.15, 0.2) is 12.1 Å². The first-order valence-electron chi connectivity index (χ1n) is 5.82. The third-order valence-corrected chi connectivity index (χ3v) is 3.54. The summed E-state index contributed by atoms with van der Waals surface area (Å²) in [4.78, 5) is 16.2. The van der Waals surface area contributed by atoms with E-state index in [0.29, 0.717) is 34.0 Å². The summed E-state index contributed by atoms with van der Waals surface area (Å²) in [5.41, 5.74) is 1.66. The molecule has 1 aromatic carbocycles. The number of anilines is 1. The molecule has 0 saturated carbocycles. The second kappa shape index (κ2) is 5.14. The summed E-state index contributed by atoms with van der Waals surface area (Å²) in [7, 11) is 0. The molecule has 0 aliphatic carbocycles. The van der Waals surface area contributed by atoms with Crippen molar-refractivity contribution in [3.05, 3.63) is 28.8 Å². The first kappa shape index (κ1) is 12.9. The van der Waals surface area contributed by atoms with Gasteiger partial charge in [0.2, 0.25) is 5.82 Å². The zero-order chi connectivity index (χ0) is 14.1. The Bertz CT molecular complexity index is 782. The number of aromatic amines is 1. The monoisotopic (exact) mass is 308 g/mol. The smallest absolute Gasteiger partial charge is 0.295 e. The van der Waals surface area contributed by atoms with Crippen LogP contribution >= 0.6 is 23.3 Å². The van der Waals surface area contributed by atoms with Gasteiger partial charge >= 0.3 is 0 Å². The number of halogens is 1. The van der Waals surface area contributed by atoms with Crippen molar-refractivity contribution in [3.8, 4) is 0 Å². The van der Waals surface area contributed by atoms with Crippen LogP contribution in [0.1, 0.15) is 23.4 Å². The quantitative estimate of drug-likeness (QED) is 0.773. The molecular formula is C11H9ClN6OS. The van der Waals surface area contributed by atoms with Crippen molar-refractivity contribution in [2.45, 2.75) is 13.3 Å². The van der Waals surface area contributed by atoms with Gasteiger partial charge in [0.15, 0.2) is 0 Å². The van der Waals surface area contributed by atoms with Gasteiger partial charge in [-0.25, -0.2) is 4.98 Å². The molecule has 0 unspecified atom stereocenters. The largest absolute Gasteiger partial charge is 0.316 e. The first-order chi connectivity index (χ1) is 9.69. The number of fused-ring (bicyclic) bond motifs is 1. The number of rotatable bonds is 3. The Morgan fingerprint density at radius 1 is 1.45 bits per heavy atom. The van der Waals surface area contributed by atoms with Crippen LogP contribution in [-0.4, -0.2) is 29.8 Å². The van der Waals surface area contributed by atoms with Gasteiger partial charge in [0.25, 0.3) is 5.91 Å². The van der Waals surface area contributed by atoms with Crippen LogP contribution in [0, 0.1) is 0 Å². The highest BCUT2D eigenvalue weighted by molar-refractivity contribution is 7.00. The van der Waals surface area contributed by atoms with Gasteiger partial charge in [0, 0.05) is 6.42 Å². The molecule has 0 aliphatic heterocycles. The molecule has 0 atom stereocenters.